The molecule has 0 saturated carbocycles. The fourth-order valence-corrected chi connectivity index (χ4v) is 3.60. The Labute approximate surface area is 148 Å². The van der Waals surface area contributed by atoms with Crippen molar-refractivity contribution in [1.29, 1.82) is 0 Å². The zero-order chi connectivity index (χ0) is 17.6. The second-order valence-corrected chi connectivity index (χ2v) is 6.77. The summed E-state index contributed by atoms with van der Waals surface area (Å²) in [6.45, 7) is 4.84. The molecule has 0 atom stereocenters. The fourth-order valence-electron chi connectivity index (χ4n) is 3.60. The summed E-state index contributed by atoms with van der Waals surface area (Å²) in [6, 6.07) is 0. The zero-order valence-electron chi connectivity index (χ0n) is 14.7. The molecule has 1 N–H and O–H groups in total. The van der Waals surface area contributed by atoms with Crippen LogP contribution in [0.2, 0.25) is 0 Å². The molecule has 136 valence electrons. The molecule has 25 heavy (non-hydrogen) atoms. The van der Waals surface area contributed by atoms with Crippen LogP contribution in [-0.2, 0) is 20.9 Å². The van der Waals surface area contributed by atoms with Gasteiger partial charge in [-0.25, -0.2) is 0 Å². The van der Waals surface area contributed by atoms with Crippen molar-refractivity contribution in [1.82, 2.24) is 20.2 Å². The highest BCUT2D eigenvalue weighted by atomic mass is 16.5. The quantitative estimate of drug-likeness (QED) is 0.887. The molecule has 2 aliphatic heterocycles. The predicted octanol–water partition coefficient (Wildman–Crippen LogP) is 1.25. The minimum absolute atomic E-state index is 0.0349. The van der Waals surface area contributed by atoms with Gasteiger partial charge in [-0.3, -0.25) is 19.6 Å². The van der Waals surface area contributed by atoms with Gasteiger partial charge in [0.05, 0.1) is 17.9 Å². The molecule has 0 unspecified atom stereocenters. The van der Waals surface area contributed by atoms with Crippen LogP contribution in [0.4, 0.5) is 0 Å². The minimum Gasteiger partial charge on any atom is -0.381 e. The van der Waals surface area contributed by atoms with Gasteiger partial charge >= 0.3 is 0 Å². The number of carbonyl (C=O) groups is 2. The first-order chi connectivity index (χ1) is 12.1. The Balaban J connectivity index is 1.59. The molecule has 3 rings (SSSR count). The first-order valence-corrected chi connectivity index (χ1v) is 9.06. The molecule has 2 aliphatic rings. The Hall–Kier alpha value is -2.02. The molecular formula is C18H26N4O3. The lowest BCUT2D eigenvalue weighted by Gasteiger charge is -2.31. The first-order valence-electron chi connectivity index (χ1n) is 9.06. The smallest absolute Gasteiger partial charge is 0.223 e. The number of ether oxygens (including phenoxy) is 1. The van der Waals surface area contributed by atoms with Gasteiger partial charge in [0.25, 0.3) is 0 Å². The number of hydrogen-bond acceptors (Lipinski definition) is 5. The van der Waals surface area contributed by atoms with E-state index < -0.39 is 0 Å². The van der Waals surface area contributed by atoms with Gasteiger partial charge in [-0.2, -0.15) is 0 Å². The van der Waals surface area contributed by atoms with E-state index in [1.165, 1.54) is 0 Å². The Bertz CT molecular complexity index is 608. The van der Waals surface area contributed by atoms with Crippen LogP contribution >= 0.6 is 0 Å². The summed E-state index contributed by atoms with van der Waals surface area (Å²) in [5, 5.41) is 3.01. The van der Waals surface area contributed by atoms with Crippen LogP contribution in [-0.4, -0.2) is 53.0 Å². The first kappa shape index (κ1) is 17.8. The van der Waals surface area contributed by atoms with E-state index in [4.69, 9.17) is 4.74 Å². The van der Waals surface area contributed by atoms with Gasteiger partial charge in [0.15, 0.2) is 0 Å². The van der Waals surface area contributed by atoms with E-state index in [0.717, 1.165) is 50.2 Å². The standard InChI is InChI=1S/C18H26N4O3/c1-13(23)22-8-2-14(3-9-22)17-16(19-6-7-20-17)12-21-18(24)15-4-10-25-11-5-15/h6-7,14-15H,2-5,8-12H2,1H3,(H,21,24). The van der Waals surface area contributed by atoms with Crippen molar-refractivity contribution in [3.05, 3.63) is 23.8 Å². The topological polar surface area (TPSA) is 84.4 Å². The molecule has 7 heteroatoms. The normalized spacial score (nSPS) is 19.6. The molecule has 0 aliphatic carbocycles. The monoisotopic (exact) mass is 346 g/mol. The molecule has 0 radical (unpaired) electrons. The van der Waals surface area contributed by atoms with E-state index in [0.29, 0.717) is 25.7 Å². The number of nitrogens with one attached hydrogen (secondary N) is 1. The number of nitrogens with zero attached hydrogens (tertiary/aromatic N) is 3. The minimum atomic E-state index is 0.0349. The van der Waals surface area contributed by atoms with Crippen molar-refractivity contribution in [2.45, 2.75) is 45.1 Å². The summed E-state index contributed by atoms with van der Waals surface area (Å²) in [5.41, 5.74) is 1.79. The Morgan fingerprint density at radius 3 is 2.52 bits per heavy atom. The van der Waals surface area contributed by atoms with Crippen molar-refractivity contribution in [3.8, 4) is 0 Å². The summed E-state index contributed by atoms with van der Waals surface area (Å²) >= 11 is 0. The van der Waals surface area contributed by atoms with Crippen molar-refractivity contribution in [3.63, 3.8) is 0 Å². The maximum absolute atomic E-state index is 12.3. The van der Waals surface area contributed by atoms with Crippen molar-refractivity contribution in [2.75, 3.05) is 26.3 Å². The molecule has 7 nitrogen and oxygen atoms in total. The lowest BCUT2D eigenvalue weighted by atomic mass is 9.91. The Kier molecular flexibility index (Phi) is 5.96. The Morgan fingerprint density at radius 1 is 1.16 bits per heavy atom. The van der Waals surface area contributed by atoms with Crippen molar-refractivity contribution in [2.24, 2.45) is 5.92 Å². The van der Waals surface area contributed by atoms with Crippen LogP contribution in [0, 0.1) is 5.92 Å². The lowest BCUT2D eigenvalue weighted by Crippen LogP contribution is -2.37. The summed E-state index contributed by atoms with van der Waals surface area (Å²) in [5.74, 6) is 0.528. The van der Waals surface area contributed by atoms with Gasteiger partial charge in [-0.15, -0.1) is 0 Å². The number of carbonyl (C=O) groups excluding carboxylic acids is 2. The number of likely N-dealkylation sites (tertiary alicyclic amines) is 1. The highest BCUT2D eigenvalue weighted by Crippen LogP contribution is 2.28. The maximum Gasteiger partial charge on any atom is 0.223 e. The molecule has 1 aromatic heterocycles. The molecule has 0 bridgehead atoms. The van der Waals surface area contributed by atoms with E-state index in [2.05, 4.69) is 15.3 Å². The highest BCUT2D eigenvalue weighted by molar-refractivity contribution is 5.78. The summed E-state index contributed by atoms with van der Waals surface area (Å²) < 4.78 is 5.31. The van der Waals surface area contributed by atoms with Crippen LogP contribution < -0.4 is 5.32 Å². The fraction of sp³-hybridized carbons (Fsp3) is 0.667. The van der Waals surface area contributed by atoms with E-state index in [1.807, 2.05) is 4.90 Å². The zero-order valence-corrected chi connectivity index (χ0v) is 14.7. The molecule has 0 spiro atoms. The van der Waals surface area contributed by atoms with E-state index in [-0.39, 0.29) is 17.7 Å². The average Bonchev–Trinajstić information content (AvgIpc) is 2.67. The third-order valence-electron chi connectivity index (χ3n) is 5.16. The number of aromatic nitrogens is 2. The summed E-state index contributed by atoms with van der Waals surface area (Å²) in [7, 11) is 0. The van der Waals surface area contributed by atoms with Crippen molar-refractivity contribution < 1.29 is 14.3 Å². The molecule has 2 fully saturated rings. The van der Waals surface area contributed by atoms with Crippen LogP contribution in [0.5, 0.6) is 0 Å². The summed E-state index contributed by atoms with van der Waals surface area (Å²) in [6.07, 6.45) is 6.71. The van der Waals surface area contributed by atoms with E-state index >= 15 is 0 Å². The largest absolute Gasteiger partial charge is 0.381 e. The summed E-state index contributed by atoms with van der Waals surface area (Å²) in [4.78, 5) is 34.6. The second kappa shape index (κ2) is 8.38. The van der Waals surface area contributed by atoms with E-state index in [1.54, 1.807) is 19.3 Å². The van der Waals surface area contributed by atoms with Gasteiger partial charge in [-0.1, -0.05) is 0 Å². The lowest BCUT2D eigenvalue weighted by molar-refractivity contribution is -0.130. The van der Waals surface area contributed by atoms with E-state index in [9.17, 15) is 9.59 Å². The number of amides is 2. The number of piperidine rings is 1. The third kappa shape index (κ3) is 4.54. The third-order valence-corrected chi connectivity index (χ3v) is 5.16. The number of rotatable bonds is 4. The predicted molar refractivity (Wildman–Crippen MR) is 91.7 cm³/mol. The van der Waals surface area contributed by atoms with Crippen LogP contribution in [0.3, 0.4) is 0 Å². The van der Waals surface area contributed by atoms with Gasteiger partial charge in [0.2, 0.25) is 11.8 Å². The van der Waals surface area contributed by atoms with Crippen LogP contribution in [0.1, 0.15) is 49.9 Å². The van der Waals surface area contributed by atoms with Crippen LogP contribution in [0.25, 0.3) is 0 Å². The molecule has 2 amide bonds. The molecule has 0 aromatic carbocycles. The van der Waals surface area contributed by atoms with Gasteiger partial charge < -0.3 is 15.0 Å². The van der Waals surface area contributed by atoms with Gasteiger partial charge in [0, 0.05) is 57.5 Å². The maximum atomic E-state index is 12.3. The molecule has 1 aromatic rings. The Morgan fingerprint density at radius 2 is 1.84 bits per heavy atom. The SMILES string of the molecule is CC(=O)N1CCC(c2nccnc2CNC(=O)C2CCOCC2)CC1. The highest BCUT2D eigenvalue weighted by Gasteiger charge is 2.26. The van der Waals surface area contributed by atoms with Gasteiger partial charge in [-0.05, 0) is 25.7 Å². The number of hydrogen-bond donors (Lipinski definition) is 1. The molecular weight excluding hydrogens is 320 g/mol. The van der Waals surface area contributed by atoms with Gasteiger partial charge in [0.1, 0.15) is 0 Å². The van der Waals surface area contributed by atoms with Crippen molar-refractivity contribution >= 4 is 11.8 Å². The second-order valence-electron chi connectivity index (χ2n) is 6.77. The van der Waals surface area contributed by atoms with Crippen LogP contribution in [0.15, 0.2) is 12.4 Å². The molecule has 3 heterocycles. The molecule has 2 saturated heterocycles. The average molecular weight is 346 g/mol.